The van der Waals surface area contributed by atoms with E-state index in [1.807, 2.05) is 6.92 Å². The van der Waals surface area contributed by atoms with Gasteiger partial charge in [0.25, 0.3) is 6.43 Å². The topological polar surface area (TPSA) is 38.0 Å². The van der Waals surface area contributed by atoms with Gasteiger partial charge in [0, 0.05) is 12.1 Å². The van der Waals surface area contributed by atoms with E-state index in [1.165, 1.54) is 25.7 Å². The van der Waals surface area contributed by atoms with Gasteiger partial charge < -0.3 is 11.1 Å². The maximum Gasteiger partial charge on any atom is 0.250 e. The van der Waals surface area contributed by atoms with Gasteiger partial charge in [0.15, 0.2) is 0 Å². The van der Waals surface area contributed by atoms with Crippen LogP contribution in [-0.4, -0.2) is 25.1 Å². The fourth-order valence-corrected chi connectivity index (χ4v) is 1.70. The minimum atomic E-state index is -2.30. The zero-order chi connectivity index (χ0) is 12.4. The first-order valence-corrected chi connectivity index (χ1v) is 6.27. The van der Waals surface area contributed by atoms with Crippen LogP contribution in [0.5, 0.6) is 0 Å². The molecule has 16 heavy (non-hydrogen) atoms. The number of hydrogen-bond donors (Lipinski definition) is 2. The van der Waals surface area contributed by atoms with E-state index in [4.69, 9.17) is 5.73 Å². The van der Waals surface area contributed by atoms with E-state index in [9.17, 15) is 8.78 Å². The van der Waals surface area contributed by atoms with Crippen molar-refractivity contribution < 1.29 is 8.78 Å². The Kier molecular flexibility index (Phi) is 8.76. The van der Waals surface area contributed by atoms with E-state index < -0.39 is 6.43 Å². The molecular weight excluding hydrogens is 210 g/mol. The Bertz CT molecular complexity index is 165. The highest BCUT2D eigenvalue weighted by molar-refractivity contribution is 4.84. The lowest BCUT2D eigenvalue weighted by molar-refractivity contribution is 0.130. The molecule has 1 unspecified atom stereocenters. The van der Waals surface area contributed by atoms with Gasteiger partial charge in [0.2, 0.25) is 0 Å². The van der Waals surface area contributed by atoms with Crippen molar-refractivity contribution in [3.8, 4) is 0 Å². The lowest BCUT2D eigenvalue weighted by Crippen LogP contribution is -2.50. The molecule has 0 aliphatic rings. The average Bonchev–Trinajstić information content (AvgIpc) is 2.26. The van der Waals surface area contributed by atoms with Crippen molar-refractivity contribution in [1.82, 2.24) is 5.32 Å². The first-order chi connectivity index (χ1) is 7.54. The van der Waals surface area contributed by atoms with Gasteiger partial charge in [-0.2, -0.15) is 0 Å². The molecule has 0 aromatic heterocycles. The van der Waals surface area contributed by atoms with Crippen LogP contribution in [0.2, 0.25) is 0 Å². The summed E-state index contributed by atoms with van der Waals surface area (Å²) in [6, 6.07) is 0. The number of alkyl halides is 2. The predicted octanol–water partition coefficient (Wildman–Crippen LogP) is 2.92. The molecule has 0 bridgehead atoms. The van der Waals surface area contributed by atoms with Gasteiger partial charge in [-0.25, -0.2) is 8.78 Å². The molecular formula is C12H26F2N2. The molecule has 1 atom stereocenters. The third kappa shape index (κ3) is 7.99. The van der Waals surface area contributed by atoms with Gasteiger partial charge in [-0.15, -0.1) is 0 Å². The van der Waals surface area contributed by atoms with Crippen molar-refractivity contribution >= 4 is 0 Å². The first kappa shape index (κ1) is 15.8. The van der Waals surface area contributed by atoms with Gasteiger partial charge in [-0.05, 0) is 13.3 Å². The molecule has 0 radical (unpaired) electrons. The van der Waals surface area contributed by atoms with Crippen molar-refractivity contribution in [3.05, 3.63) is 0 Å². The van der Waals surface area contributed by atoms with Gasteiger partial charge in [-0.1, -0.05) is 39.0 Å². The van der Waals surface area contributed by atoms with Crippen molar-refractivity contribution in [3.63, 3.8) is 0 Å². The number of halogens is 2. The van der Waals surface area contributed by atoms with E-state index in [0.29, 0.717) is 6.54 Å². The van der Waals surface area contributed by atoms with E-state index in [0.717, 1.165) is 12.8 Å². The summed E-state index contributed by atoms with van der Waals surface area (Å²) in [6.07, 6.45) is 4.50. The van der Waals surface area contributed by atoms with Gasteiger partial charge in [0.05, 0.1) is 6.54 Å². The summed E-state index contributed by atoms with van der Waals surface area (Å²) in [6.45, 7) is 4.25. The number of unbranched alkanes of at least 4 members (excludes halogenated alkanes) is 4. The first-order valence-electron chi connectivity index (χ1n) is 6.27. The van der Waals surface area contributed by atoms with Crippen molar-refractivity contribution in [2.45, 2.75) is 64.3 Å². The second kappa shape index (κ2) is 8.88. The largest absolute Gasteiger partial charge is 0.329 e. The van der Waals surface area contributed by atoms with Crippen LogP contribution in [0.25, 0.3) is 0 Å². The minimum absolute atomic E-state index is 0.261. The summed E-state index contributed by atoms with van der Waals surface area (Å²) in [4.78, 5) is 0. The molecule has 0 saturated heterocycles. The lowest BCUT2D eigenvalue weighted by Gasteiger charge is -2.29. The summed E-state index contributed by atoms with van der Waals surface area (Å²) >= 11 is 0. The number of rotatable bonds is 10. The Hall–Kier alpha value is -0.220. The maximum atomic E-state index is 12.1. The summed E-state index contributed by atoms with van der Waals surface area (Å²) < 4.78 is 24.2. The summed E-state index contributed by atoms with van der Waals surface area (Å²) in [5.41, 5.74) is 5.30. The van der Waals surface area contributed by atoms with Crippen LogP contribution < -0.4 is 11.1 Å². The Morgan fingerprint density at radius 2 is 1.81 bits per heavy atom. The average molecular weight is 236 g/mol. The van der Waals surface area contributed by atoms with Gasteiger partial charge >= 0.3 is 0 Å². The number of hydrogen-bond acceptors (Lipinski definition) is 2. The zero-order valence-electron chi connectivity index (χ0n) is 10.6. The molecule has 2 nitrogen and oxygen atoms in total. The Balaban J connectivity index is 3.69. The van der Waals surface area contributed by atoms with Gasteiger partial charge in [-0.3, -0.25) is 0 Å². The molecule has 98 valence electrons. The van der Waals surface area contributed by atoms with E-state index in [-0.39, 0.29) is 12.1 Å². The van der Waals surface area contributed by atoms with Crippen LogP contribution in [-0.2, 0) is 0 Å². The molecule has 0 fully saturated rings. The monoisotopic (exact) mass is 236 g/mol. The zero-order valence-corrected chi connectivity index (χ0v) is 10.6. The highest BCUT2D eigenvalue weighted by Gasteiger charge is 2.22. The van der Waals surface area contributed by atoms with Crippen molar-refractivity contribution in [2.75, 3.05) is 13.1 Å². The van der Waals surface area contributed by atoms with Crippen molar-refractivity contribution in [2.24, 2.45) is 5.73 Å². The van der Waals surface area contributed by atoms with Crippen LogP contribution in [0.3, 0.4) is 0 Å². The molecule has 0 amide bonds. The minimum Gasteiger partial charge on any atom is -0.329 e. The standard InChI is InChI=1S/C12H26F2N2/c1-3-4-5-6-7-8-12(2,10-15)16-9-11(13)14/h11,16H,3-10,15H2,1-2H3. The molecule has 0 aromatic carbocycles. The smallest absolute Gasteiger partial charge is 0.250 e. The summed E-state index contributed by atoms with van der Waals surface area (Å²) in [7, 11) is 0. The van der Waals surface area contributed by atoms with Crippen LogP contribution in [0.15, 0.2) is 0 Å². The quantitative estimate of drug-likeness (QED) is 0.572. The van der Waals surface area contributed by atoms with E-state index in [2.05, 4.69) is 12.2 Å². The SMILES string of the molecule is CCCCCCCC(C)(CN)NCC(F)F. The predicted molar refractivity (Wildman–Crippen MR) is 64.8 cm³/mol. The highest BCUT2D eigenvalue weighted by Crippen LogP contribution is 2.15. The second-order valence-electron chi connectivity index (χ2n) is 4.70. The lowest BCUT2D eigenvalue weighted by atomic mass is 9.94. The fourth-order valence-electron chi connectivity index (χ4n) is 1.70. The molecule has 3 N–H and O–H groups in total. The highest BCUT2D eigenvalue weighted by atomic mass is 19.3. The second-order valence-corrected chi connectivity index (χ2v) is 4.70. The molecule has 0 spiro atoms. The fraction of sp³-hybridized carbons (Fsp3) is 1.00. The third-order valence-electron chi connectivity index (χ3n) is 2.97. The van der Waals surface area contributed by atoms with Crippen LogP contribution in [0.1, 0.15) is 52.4 Å². The van der Waals surface area contributed by atoms with Crippen LogP contribution in [0, 0.1) is 0 Å². The molecule has 0 saturated carbocycles. The molecule has 0 aromatic rings. The number of nitrogens with two attached hydrogens (primary N) is 1. The molecule has 0 aliphatic carbocycles. The van der Waals surface area contributed by atoms with E-state index in [1.54, 1.807) is 0 Å². The molecule has 4 heteroatoms. The van der Waals surface area contributed by atoms with Crippen molar-refractivity contribution in [1.29, 1.82) is 0 Å². The summed E-state index contributed by atoms with van der Waals surface area (Å²) in [5, 5.41) is 2.86. The summed E-state index contributed by atoms with van der Waals surface area (Å²) in [5.74, 6) is 0. The Morgan fingerprint density at radius 3 is 2.31 bits per heavy atom. The normalized spacial score (nSPS) is 15.4. The third-order valence-corrected chi connectivity index (χ3v) is 2.97. The van der Waals surface area contributed by atoms with E-state index >= 15 is 0 Å². The number of nitrogens with one attached hydrogen (secondary N) is 1. The Morgan fingerprint density at radius 1 is 1.19 bits per heavy atom. The molecule has 0 rings (SSSR count). The van der Waals surface area contributed by atoms with Crippen LogP contribution >= 0.6 is 0 Å². The maximum absolute atomic E-state index is 12.1. The van der Waals surface area contributed by atoms with Crippen LogP contribution in [0.4, 0.5) is 8.78 Å². The van der Waals surface area contributed by atoms with Gasteiger partial charge in [0.1, 0.15) is 0 Å². The molecule has 0 aliphatic heterocycles. The molecule has 0 heterocycles. The Labute approximate surface area is 98.0 Å².